The molecule has 34 heavy (non-hydrogen) atoms. The summed E-state index contributed by atoms with van der Waals surface area (Å²) < 4.78 is 32.9. The van der Waals surface area contributed by atoms with Gasteiger partial charge in [-0.3, -0.25) is 10.1 Å². The van der Waals surface area contributed by atoms with Crippen molar-refractivity contribution >= 4 is 33.5 Å². The number of anilines is 1. The van der Waals surface area contributed by atoms with Gasteiger partial charge in [0.25, 0.3) is 0 Å². The Morgan fingerprint density at radius 1 is 1.15 bits per heavy atom. The minimum atomic E-state index is -3.71. The van der Waals surface area contributed by atoms with E-state index in [4.69, 9.17) is 16.0 Å². The van der Waals surface area contributed by atoms with Gasteiger partial charge in [0.05, 0.1) is 17.2 Å². The molecule has 4 rings (SSSR count). The van der Waals surface area contributed by atoms with Crippen LogP contribution in [0.15, 0.2) is 57.8 Å². The smallest absolute Gasteiger partial charge is 0.322 e. The van der Waals surface area contributed by atoms with E-state index in [1.807, 2.05) is 12.1 Å². The molecule has 1 aliphatic rings. The van der Waals surface area contributed by atoms with E-state index in [-0.39, 0.29) is 23.4 Å². The second-order valence-electron chi connectivity index (χ2n) is 8.72. The number of halogens is 1. The van der Waals surface area contributed by atoms with Crippen molar-refractivity contribution in [3.05, 3.63) is 70.6 Å². The zero-order valence-electron chi connectivity index (χ0n) is 19.1. The zero-order chi connectivity index (χ0) is 24.3. The first-order valence-corrected chi connectivity index (χ1v) is 13.0. The summed E-state index contributed by atoms with van der Waals surface area (Å²) in [6, 6.07) is 14.2. The number of carbonyl (C=O) groups is 1. The lowest BCUT2D eigenvalue weighted by molar-refractivity contribution is -0.121. The molecule has 0 spiro atoms. The molecule has 1 atom stereocenters. The van der Waals surface area contributed by atoms with E-state index in [2.05, 4.69) is 41.5 Å². The van der Waals surface area contributed by atoms with Crippen LogP contribution < -0.4 is 5.32 Å². The van der Waals surface area contributed by atoms with Crippen molar-refractivity contribution < 1.29 is 17.6 Å². The van der Waals surface area contributed by atoms with E-state index in [0.717, 1.165) is 5.56 Å². The van der Waals surface area contributed by atoms with Crippen molar-refractivity contribution in [2.75, 3.05) is 18.4 Å². The third kappa shape index (κ3) is 5.65. The molecule has 8 nitrogen and oxygen atoms in total. The lowest BCUT2D eigenvalue weighted by atomic mass is 9.99. The summed E-state index contributed by atoms with van der Waals surface area (Å²) in [5.74, 6) is -0.0124. The quantitative estimate of drug-likeness (QED) is 0.510. The first-order chi connectivity index (χ1) is 16.2. The molecule has 0 radical (unpaired) electrons. The number of aromatic nitrogens is 2. The minimum Gasteiger partial charge on any atom is -0.407 e. The van der Waals surface area contributed by atoms with Gasteiger partial charge in [-0.25, -0.2) is 8.42 Å². The van der Waals surface area contributed by atoms with E-state index in [1.54, 1.807) is 0 Å². The number of nitrogens with zero attached hydrogens (tertiary/aromatic N) is 3. The molecular weight excluding hydrogens is 476 g/mol. The summed E-state index contributed by atoms with van der Waals surface area (Å²) in [7, 11) is -3.71. The largest absolute Gasteiger partial charge is 0.407 e. The van der Waals surface area contributed by atoms with Crippen LogP contribution in [0, 0.1) is 5.92 Å². The molecule has 0 bridgehead atoms. The van der Waals surface area contributed by atoms with Gasteiger partial charge in [0.1, 0.15) is 0 Å². The summed E-state index contributed by atoms with van der Waals surface area (Å²) >= 11 is 5.87. The molecule has 0 aliphatic carbocycles. The molecule has 1 aromatic heterocycles. The highest BCUT2D eigenvalue weighted by Gasteiger charge is 2.33. The maximum Gasteiger partial charge on any atom is 0.322 e. The van der Waals surface area contributed by atoms with Gasteiger partial charge in [-0.05, 0) is 54.2 Å². The molecule has 1 unspecified atom stereocenters. The van der Waals surface area contributed by atoms with Gasteiger partial charge in [0.15, 0.2) is 0 Å². The maximum absolute atomic E-state index is 13.0. The van der Waals surface area contributed by atoms with Gasteiger partial charge in [-0.15, -0.1) is 5.10 Å². The Labute approximate surface area is 204 Å². The van der Waals surface area contributed by atoms with Crippen molar-refractivity contribution in [1.29, 1.82) is 0 Å². The van der Waals surface area contributed by atoms with Gasteiger partial charge < -0.3 is 4.42 Å². The number of piperidine rings is 1. The Morgan fingerprint density at radius 3 is 2.53 bits per heavy atom. The molecule has 1 aliphatic heterocycles. The highest BCUT2D eigenvalue weighted by Crippen LogP contribution is 2.26. The predicted molar refractivity (Wildman–Crippen MR) is 129 cm³/mol. The summed E-state index contributed by atoms with van der Waals surface area (Å²) in [5.41, 5.74) is 2.28. The molecule has 2 heterocycles. The Bertz CT molecular complexity index is 1240. The van der Waals surface area contributed by atoms with Crippen LogP contribution in [0.2, 0.25) is 5.02 Å². The summed E-state index contributed by atoms with van der Waals surface area (Å²) in [5, 5.41) is 11.0. The first kappa shape index (κ1) is 24.4. The minimum absolute atomic E-state index is 0.0106. The van der Waals surface area contributed by atoms with Crippen molar-refractivity contribution in [3.63, 3.8) is 0 Å². The fraction of sp³-hybridized carbons (Fsp3) is 0.375. The number of sulfonamides is 1. The second-order valence-corrected chi connectivity index (χ2v) is 11.1. The maximum atomic E-state index is 13.0. The van der Waals surface area contributed by atoms with Crippen LogP contribution in [-0.4, -0.2) is 41.9 Å². The number of carbonyl (C=O) groups excluding carboxylic acids is 1. The molecule has 1 N–H and O–H groups in total. The highest BCUT2D eigenvalue weighted by molar-refractivity contribution is 7.89. The normalized spacial score (nSPS) is 17.1. The first-order valence-electron chi connectivity index (χ1n) is 11.2. The van der Waals surface area contributed by atoms with Crippen molar-refractivity contribution in [2.45, 2.75) is 43.9 Å². The van der Waals surface area contributed by atoms with E-state index in [9.17, 15) is 13.2 Å². The van der Waals surface area contributed by atoms with Gasteiger partial charge in [-0.2, -0.15) is 4.31 Å². The molecule has 1 amide bonds. The highest BCUT2D eigenvalue weighted by atomic mass is 35.5. The number of amides is 1. The van der Waals surface area contributed by atoms with Crippen molar-refractivity contribution in [1.82, 2.24) is 14.5 Å². The molecule has 180 valence electrons. The van der Waals surface area contributed by atoms with Crippen LogP contribution in [0.4, 0.5) is 6.01 Å². The number of hydrogen-bond acceptors (Lipinski definition) is 6. The van der Waals surface area contributed by atoms with E-state index in [0.29, 0.717) is 42.6 Å². The lowest BCUT2D eigenvalue weighted by Gasteiger charge is -2.30. The average molecular weight is 503 g/mol. The molecular formula is C24H27ClN4O4S. The number of nitrogens with one attached hydrogen (secondary N) is 1. The van der Waals surface area contributed by atoms with Crippen LogP contribution >= 0.6 is 11.6 Å². The standard InChI is InChI=1S/C24H27ClN4O4S/c1-16(2)18-7-5-17(6-8-18)14-22-27-28-24(33-22)26-23(30)19-4-3-13-29(15-19)34(31,32)21-11-9-20(25)10-12-21/h5-12,16,19H,3-4,13-15H2,1-2H3,(H,26,28,30). The van der Waals surface area contributed by atoms with Gasteiger partial charge in [0, 0.05) is 18.1 Å². The molecule has 1 fully saturated rings. The van der Waals surface area contributed by atoms with Gasteiger partial charge in [0.2, 0.25) is 21.8 Å². The van der Waals surface area contributed by atoms with Crippen LogP contribution in [-0.2, 0) is 21.2 Å². The Balaban J connectivity index is 1.37. The molecule has 2 aromatic carbocycles. The van der Waals surface area contributed by atoms with E-state index < -0.39 is 15.9 Å². The number of benzene rings is 2. The van der Waals surface area contributed by atoms with Crippen molar-refractivity contribution in [2.24, 2.45) is 5.92 Å². The van der Waals surface area contributed by atoms with Crippen molar-refractivity contribution in [3.8, 4) is 0 Å². The number of rotatable bonds is 7. The summed E-state index contributed by atoms with van der Waals surface area (Å²) in [6.45, 7) is 4.72. The monoisotopic (exact) mass is 502 g/mol. The molecule has 1 saturated heterocycles. The lowest BCUT2D eigenvalue weighted by Crippen LogP contribution is -2.43. The topological polar surface area (TPSA) is 105 Å². The zero-order valence-corrected chi connectivity index (χ0v) is 20.6. The van der Waals surface area contributed by atoms with E-state index in [1.165, 1.54) is 34.1 Å². The third-order valence-corrected chi connectivity index (χ3v) is 8.04. The second kappa shape index (κ2) is 10.2. The van der Waals surface area contributed by atoms with Crippen LogP contribution in [0.5, 0.6) is 0 Å². The SMILES string of the molecule is CC(C)c1ccc(Cc2nnc(NC(=O)C3CCCN(S(=O)(=O)c4ccc(Cl)cc4)C3)o2)cc1. The van der Waals surface area contributed by atoms with Crippen LogP contribution in [0.25, 0.3) is 0 Å². The van der Waals surface area contributed by atoms with Gasteiger partial charge >= 0.3 is 6.01 Å². The molecule has 3 aromatic rings. The number of hydrogen-bond donors (Lipinski definition) is 1. The molecule has 10 heteroatoms. The predicted octanol–water partition coefficient (Wildman–Crippen LogP) is 4.48. The molecule has 0 saturated carbocycles. The van der Waals surface area contributed by atoms with Gasteiger partial charge in [-0.1, -0.05) is 54.8 Å². The Kier molecular flexibility index (Phi) is 7.35. The summed E-state index contributed by atoms with van der Waals surface area (Å²) in [4.78, 5) is 13.0. The third-order valence-electron chi connectivity index (χ3n) is 5.91. The fourth-order valence-corrected chi connectivity index (χ4v) is 5.56. The van der Waals surface area contributed by atoms with Crippen LogP contribution in [0.1, 0.15) is 49.6 Å². The Morgan fingerprint density at radius 2 is 1.85 bits per heavy atom. The fourth-order valence-electron chi connectivity index (χ4n) is 3.91. The van der Waals surface area contributed by atoms with E-state index >= 15 is 0 Å². The average Bonchev–Trinajstić information content (AvgIpc) is 3.26. The van der Waals surface area contributed by atoms with Crippen LogP contribution in [0.3, 0.4) is 0 Å². The Hall–Kier alpha value is -2.75. The summed E-state index contributed by atoms with van der Waals surface area (Å²) in [6.07, 6.45) is 1.60.